The van der Waals surface area contributed by atoms with Gasteiger partial charge < -0.3 is 14.5 Å². The highest BCUT2D eigenvalue weighted by Crippen LogP contribution is 2.58. The van der Waals surface area contributed by atoms with Crippen LogP contribution < -0.4 is 30.9 Å². The summed E-state index contributed by atoms with van der Waals surface area (Å²) in [4.78, 5) is 5.22. The monoisotopic (exact) mass is 702 g/mol. The van der Waals surface area contributed by atoms with E-state index < -0.39 is 0 Å². The van der Waals surface area contributed by atoms with E-state index in [4.69, 9.17) is 4.74 Å². The lowest BCUT2D eigenvalue weighted by molar-refractivity contribution is 0.470. The molecule has 266 valence electrons. The molecule has 4 heterocycles. The Morgan fingerprint density at radius 1 is 0.593 bits per heavy atom. The summed E-state index contributed by atoms with van der Waals surface area (Å²) in [5, 5.41) is 5.32. The Kier molecular flexibility index (Phi) is 6.15. The molecule has 4 aliphatic heterocycles. The molecule has 0 amide bonds. The van der Waals surface area contributed by atoms with Crippen molar-refractivity contribution >= 4 is 73.1 Å². The molecule has 1 aliphatic carbocycles. The molecule has 0 spiro atoms. The van der Waals surface area contributed by atoms with Crippen LogP contribution in [0.15, 0.2) is 114 Å². The summed E-state index contributed by atoms with van der Waals surface area (Å²) < 4.78 is 7.10. The molecule has 0 aromatic heterocycles. The molecule has 6 aromatic carbocycles. The molecule has 54 heavy (non-hydrogen) atoms. The van der Waals surface area contributed by atoms with Gasteiger partial charge in [0.15, 0.2) is 11.5 Å². The van der Waals surface area contributed by atoms with E-state index in [0.29, 0.717) is 5.92 Å². The molecule has 6 aromatic rings. The molecule has 0 saturated carbocycles. The van der Waals surface area contributed by atoms with Gasteiger partial charge in [-0.05, 0) is 125 Å². The SMILES string of the molecule is CC(C)(C)C1=CCC2C(=C1)N1c3cccc4c3B(c3cc(C(C)(C)C)cc5c3N4c3ccc(C(C)(C)C)cc3O5)c3c1c2cc1c3ccc2ccccc21. The van der Waals surface area contributed by atoms with Gasteiger partial charge in [-0.15, -0.1) is 0 Å². The van der Waals surface area contributed by atoms with E-state index in [1.807, 2.05) is 0 Å². The highest BCUT2D eigenvalue weighted by Gasteiger charge is 2.51. The second kappa shape index (κ2) is 10.3. The maximum atomic E-state index is 7.10. The fourth-order valence-corrected chi connectivity index (χ4v) is 10.1. The van der Waals surface area contributed by atoms with Gasteiger partial charge >= 0.3 is 0 Å². The fourth-order valence-electron chi connectivity index (χ4n) is 10.1. The van der Waals surface area contributed by atoms with Crippen LogP contribution in [-0.2, 0) is 10.8 Å². The molecule has 0 N–H and O–H groups in total. The maximum Gasteiger partial charge on any atom is 0.253 e. The zero-order valence-electron chi connectivity index (χ0n) is 33.0. The van der Waals surface area contributed by atoms with Crippen LogP contribution in [0.1, 0.15) is 91.3 Å². The average molecular weight is 703 g/mol. The van der Waals surface area contributed by atoms with Crippen LogP contribution in [0.2, 0.25) is 0 Å². The van der Waals surface area contributed by atoms with Gasteiger partial charge in [-0.3, -0.25) is 0 Å². The van der Waals surface area contributed by atoms with Gasteiger partial charge in [-0.2, -0.15) is 0 Å². The Labute approximate surface area is 320 Å². The van der Waals surface area contributed by atoms with E-state index in [0.717, 1.165) is 23.6 Å². The van der Waals surface area contributed by atoms with Crippen molar-refractivity contribution in [2.24, 2.45) is 5.41 Å². The molecule has 0 fully saturated rings. The number of ether oxygens (including phenoxy) is 1. The van der Waals surface area contributed by atoms with Gasteiger partial charge in [0.2, 0.25) is 0 Å². The number of anilines is 5. The van der Waals surface area contributed by atoms with E-state index >= 15 is 0 Å². The summed E-state index contributed by atoms with van der Waals surface area (Å²) in [5.74, 6) is 2.17. The van der Waals surface area contributed by atoms with Crippen molar-refractivity contribution in [3.8, 4) is 11.5 Å². The van der Waals surface area contributed by atoms with Crippen LogP contribution >= 0.6 is 0 Å². The lowest BCUT2D eigenvalue weighted by atomic mass is 9.32. The Balaban J connectivity index is 1.29. The van der Waals surface area contributed by atoms with E-state index in [-0.39, 0.29) is 23.0 Å². The van der Waals surface area contributed by atoms with E-state index in [9.17, 15) is 0 Å². The number of rotatable bonds is 0. The van der Waals surface area contributed by atoms with Gasteiger partial charge in [-0.1, -0.05) is 123 Å². The first-order valence-corrected chi connectivity index (χ1v) is 19.8. The molecule has 0 radical (unpaired) electrons. The third-order valence-electron chi connectivity index (χ3n) is 13.0. The molecular weight excluding hydrogens is 655 g/mol. The largest absolute Gasteiger partial charge is 0.453 e. The van der Waals surface area contributed by atoms with Crippen LogP contribution in [0.4, 0.5) is 28.4 Å². The Bertz CT molecular complexity index is 2750. The maximum absolute atomic E-state index is 7.10. The summed E-state index contributed by atoms with van der Waals surface area (Å²) in [6.45, 7) is 20.9. The number of allylic oxidation sites excluding steroid dienone is 4. The predicted octanol–water partition coefficient (Wildman–Crippen LogP) is 11.8. The number of benzene rings is 6. The van der Waals surface area contributed by atoms with Gasteiger partial charge in [-0.25, -0.2) is 0 Å². The van der Waals surface area contributed by atoms with Gasteiger partial charge in [0.25, 0.3) is 6.71 Å². The van der Waals surface area contributed by atoms with Crippen LogP contribution in [0.25, 0.3) is 21.5 Å². The summed E-state index contributed by atoms with van der Waals surface area (Å²) in [5.41, 5.74) is 17.3. The Hall–Kier alpha value is -5.22. The van der Waals surface area contributed by atoms with Gasteiger partial charge in [0, 0.05) is 28.7 Å². The predicted molar refractivity (Wildman–Crippen MR) is 230 cm³/mol. The molecule has 4 heteroatoms. The molecule has 0 bridgehead atoms. The third-order valence-corrected chi connectivity index (χ3v) is 13.0. The third kappa shape index (κ3) is 4.20. The minimum atomic E-state index is -0.0700. The number of fused-ring (bicyclic) bond motifs is 13. The topological polar surface area (TPSA) is 15.7 Å². The van der Waals surface area contributed by atoms with Crippen molar-refractivity contribution in [2.75, 3.05) is 9.80 Å². The van der Waals surface area contributed by atoms with Gasteiger partial charge in [0.05, 0.1) is 11.4 Å². The lowest BCUT2D eigenvalue weighted by Crippen LogP contribution is -2.62. The quantitative estimate of drug-likeness (QED) is 0.116. The van der Waals surface area contributed by atoms with Crippen LogP contribution in [-0.4, -0.2) is 6.71 Å². The second-order valence-corrected chi connectivity index (χ2v) is 19.4. The molecule has 1 atom stereocenters. The summed E-state index contributed by atoms with van der Waals surface area (Å²) in [6, 6.07) is 35.0. The van der Waals surface area contributed by atoms with Crippen molar-refractivity contribution in [3.05, 3.63) is 131 Å². The standard InChI is InChI=1S/C50H47BN2O/c1-48(2,3)29-18-21-33-36-27-35-32-14-11-10-13-28(32)17-20-34(35)44-46(36)53(41(33)24-29)40-16-12-15-39-45(40)51(44)37-23-31(50(7,8)9)26-43-47(37)52(39)38-22-19-30(49(4,5)6)25-42(38)54-43/h10-20,22-27,33H,21H2,1-9H3. The minimum absolute atomic E-state index is 0.00298. The minimum Gasteiger partial charge on any atom is -0.453 e. The molecule has 0 saturated heterocycles. The summed E-state index contributed by atoms with van der Waals surface area (Å²) in [6.07, 6.45) is 6.06. The first-order chi connectivity index (χ1) is 25.7. The molecule has 5 aliphatic rings. The van der Waals surface area contributed by atoms with Crippen LogP contribution in [0.5, 0.6) is 11.5 Å². The summed E-state index contributed by atoms with van der Waals surface area (Å²) >= 11 is 0. The molecular formula is C50H47BN2O. The average Bonchev–Trinajstić information content (AvgIpc) is 3.46. The number of hydrogen-bond donors (Lipinski definition) is 0. The number of hydrogen-bond acceptors (Lipinski definition) is 3. The van der Waals surface area contributed by atoms with Crippen molar-refractivity contribution < 1.29 is 4.74 Å². The Morgan fingerprint density at radius 2 is 1.33 bits per heavy atom. The van der Waals surface area contributed by atoms with Gasteiger partial charge in [0.1, 0.15) is 0 Å². The zero-order chi connectivity index (χ0) is 37.2. The first-order valence-electron chi connectivity index (χ1n) is 19.8. The van der Waals surface area contributed by atoms with Crippen LogP contribution in [0.3, 0.4) is 0 Å². The normalized spacial score (nSPS) is 17.7. The second-order valence-electron chi connectivity index (χ2n) is 19.4. The highest BCUT2D eigenvalue weighted by molar-refractivity contribution is 7.01. The zero-order valence-corrected chi connectivity index (χ0v) is 33.0. The lowest BCUT2D eigenvalue weighted by Gasteiger charge is -2.46. The van der Waals surface area contributed by atoms with Crippen LogP contribution in [0, 0.1) is 5.41 Å². The van der Waals surface area contributed by atoms with E-state index in [2.05, 4.69) is 175 Å². The molecule has 11 rings (SSSR count). The molecule has 3 nitrogen and oxygen atoms in total. The van der Waals surface area contributed by atoms with E-state index in [1.54, 1.807) is 0 Å². The van der Waals surface area contributed by atoms with E-state index in [1.165, 1.54) is 88.6 Å². The Morgan fingerprint density at radius 3 is 2.09 bits per heavy atom. The highest BCUT2D eigenvalue weighted by atomic mass is 16.5. The van der Waals surface area contributed by atoms with Crippen molar-refractivity contribution in [2.45, 2.75) is 85.5 Å². The summed E-state index contributed by atoms with van der Waals surface area (Å²) in [7, 11) is 0. The number of nitrogens with zero attached hydrogens (tertiary/aromatic N) is 2. The van der Waals surface area contributed by atoms with Crippen molar-refractivity contribution in [1.29, 1.82) is 0 Å². The smallest absolute Gasteiger partial charge is 0.253 e. The van der Waals surface area contributed by atoms with Crippen molar-refractivity contribution in [3.63, 3.8) is 0 Å². The van der Waals surface area contributed by atoms with Crippen molar-refractivity contribution in [1.82, 2.24) is 0 Å². The first kappa shape index (κ1) is 32.2. The fraction of sp³-hybridized carbons (Fsp3) is 0.280. The molecule has 1 unspecified atom stereocenters.